The van der Waals surface area contributed by atoms with Gasteiger partial charge in [-0.1, -0.05) is 36.7 Å². The van der Waals surface area contributed by atoms with E-state index in [1.54, 1.807) is 7.11 Å². The molecule has 0 fully saturated rings. The summed E-state index contributed by atoms with van der Waals surface area (Å²) in [6.45, 7) is 14.6. The Morgan fingerprint density at radius 1 is 1.14 bits per heavy atom. The molecule has 21 heavy (non-hydrogen) atoms. The molecule has 0 amide bonds. The summed E-state index contributed by atoms with van der Waals surface area (Å²) < 4.78 is 6.52. The van der Waals surface area contributed by atoms with Crippen molar-refractivity contribution in [3.63, 3.8) is 0 Å². The summed E-state index contributed by atoms with van der Waals surface area (Å²) >= 11 is 3.67. The van der Waals surface area contributed by atoms with E-state index in [1.165, 1.54) is 5.56 Å². The third-order valence-electron chi connectivity index (χ3n) is 3.82. The zero-order valence-corrected chi connectivity index (χ0v) is 16.1. The van der Waals surface area contributed by atoms with Gasteiger partial charge in [0.15, 0.2) is 0 Å². The van der Waals surface area contributed by atoms with Crippen LogP contribution >= 0.6 is 15.9 Å². The molecule has 0 saturated carbocycles. The van der Waals surface area contributed by atoms with E-state index in [0.717, 1.165) is 23.2 Å². The van der Waals surface area contributed by atoms with Crippen LogP contribution in [0.3, 0.4) is 0 Å². The molecule has 0 bridgehead atoms. The molecular formula is C18H30BrNO. The Kier molecular flexibility index (Phi) is 6.30. The Balaban J connectivity index is 2.91. The number of hydrogen-bond donors (Lipinski definition) is 1. The van der Waals surface area contributed by atoms with E-state index in [4.69, 9.17) is 4.74 Å². The number of rotatable bonds is 5. The van der Waals surface area contributed by atoms with Crippen LogP contribution in [0.1, 0.15) is 47.1 Å². The molecule has 0 aromatic heterocycles. The van der Waals surface area contributed by atoms with E-state index in [2.05, 4.69) is 74.9 Å². The molecule has 2 nitrogen and oxygen atoms in total. The molecule has 0 radical (unpaired) electrons. The largest absolute Gasteiger partial charge is 0.497 e. The molecule has 1 atom stereocenters. The van der Waals surface area contributed by atoms with Crippen LogP contribution < -0.4 is 10.1 Å². The minimum Gasteiger partial charge on any atom is -0.497 e. The van der Waals surface area contributed by atoms with Gasteiger partial charge in [-0.25, -0.2) is 0 Å². The lowest BCUT2D eigenvalue weighted by Crippen LogP contribution is -2.42. The number of ether oxygens (including phenoxy) is 1. The minimum absolute atomic E-state index is 0.148. The minimum atomic E-state index is 0.148. The van der Waals surface area contributed by atoms with Gasteiger partial charge in [-0.2, -0.15) is 0 Å². The van der Waals surface area contributed by atoms with Crippen molar-refractivity contribution in [3.05, 3.63) is 28.2 Å². The van der Waals surface area contributed by atoms with Crippen LogP contribution in [0.15, 0.2) is 22.7 Å². The molecule has 1 N–H and O–H groups in total. The van der Waals surface area contributed by atoms with Crippen molar-refractivity contribution < 1.29 is 4.74 Å². The molecule has 1 rings (SSSR count). The third-order valence-corrected chi connectivity index (χ3v) is 4.60. The van der Waals surface area contributed by atoms with Gasteiger partial charge in [-0.3, -0.25) is 0 Å². The molecule has 3 heteroatoms. The fourth-order valence-electron chi connectivity index (χ4n) is 2.21. The lowest BCUT2D eigenvalue weighted by Gasteiger charge is -2.34. The maximum atomic E-state index is 5.35. The van der Waals surface area contributed by atoms with Gasteiger partial charge in [0.1, 0.15) is 5.75 Å². The first-order valence-electron chi connectivity index (χ1n) is 7.60. The van der Waals surface area contributed by atoms with Gasteiger partial charge in [0.25, 0.3) is 0 Å². The summed E-state index contributed by atoms with van der Waals surface area (Å²) in [6, 6.07) is 6.21. The van der Waals surface area contributed by atoms with E-state index in [0.29, 0.717) is 5.92 Å². The van der Waals surface area contributed by atoms with Crippen molar-refractivity contribution >= 4 is 15.9 Å². The summed E-state index contributed by atoms with van der Waals surface area (Å²) in [5.74, 6) is 1.48. The van der Waals surface area contributed by atoms with Crippen molar-refractivity contribution in [1.29, 1.82) is 0 Å². The predicted octanol–water partition coefficient (Wildman–Crippen LogP) is 5.05. The van der Waals surface area contributed by atoms with Crippen molar-refractivity contribution in [3.8, 4) is 5.75 Å². The molecule has 0 spiro atoms. The van der Waals surface area contributed by atoms with Gasteiger partial charge in [0, 0.05) is 10.0 Å². The van der Waals surface area contributed by atoms with Crippen molar-refractivity contribution in [1.82, 2.24) is 5.32 Å². The second-order valence-corrected chi connectivity index (χ2v) is 8.71. The normalized spacial score (nSPS) is 14.1. The van der Waals surface area contributed by atoms with Gasteiger partial charge in [0.2, 0.25) is 0 Å². The monoisotopic (exact) mass is 355 g/mol. The highest BCUT2D eigenvalue weighted by molar-refractivity contribution is 9.10. The fraction of sp³-hybridized carbons (Fsp3) is 0.667. The van der Waals surface area contributed by atoms with Gasteiger partial charge in [0.05, 0.1) is 7.11 Å². The highest BCUT2D eigenvalue weighted by atomic mass is 79.9. The van der Waals surface area contributed by atoms with Crippen LogP contribution in [0, 0.1) is 11.3 Å². The Morgan fingerprint density at radius 2 is 1.76 bits per heavy atom. The average Bonchev–Trinajstić information content (AvgIpc) is 2.33. The van der Waals surface area contributed by atoms with E-state index in [1.807, 2.05) is 6.07 Å². The van der Waals surface area contributed by atoms with E-state index in [9.17, 15) is 0 Å². The molecule has 0 saturated heterocycles. The molecule has 1 aromatic rings. The second kappa shape index (κ2) is 7.15. The Bertz CT molecular complexity index is 457. The highest BCUT2D eigenvalue weighted by Crippen LogP contribution is 2.32. The van der Waals surface area contributed by atoms with Crippen molar-refractivity contribution in [2.45, 2.75) is 53.5 Å². The molecular weight excluding hydrogens is 326 g/mol. The summed E-state index contributed by atoms with van der Waals surface area (Å²) in [7, 11) is 1.72. The lowest BCUT2D eigenvalue weighted by molar-refractivity contribution is 0.213. The number of hydrogen-bond acceptors (Lipinski definition) is 2. The maximum absolute atomic E-state index is 5.35. The number of halogens is 1. The number of nitrogens with one attached hydrogen (secondary N) is 1. The predicted molar refractivity (Wildman–Crippen MR) is 95.1 cm³/mol. The van der Waals surface area contributed by atoms with Crippen LogP contribution in [0.4, 0.5) is 0 Å². The number of methoxy groups -OCH3 is 1. The fourth-order valence-corrected chi connectivity index (χ4v) is 2.62. The van der Waals surface area contributed by atoms with Crippen molar-refractivity contribution in [2.75, 3.05) is 13.7 Å². The summed E-state index contributed by atoms with van der Waals surface area (Å²) in [4.78, 5) is 0. The van der Waals surface area contributed by atoms with Gasteiger partial charge in [-0.05, 0) is 68.8 Å². The van der Waals surface area contributed by atoms with Crippen LogP contribution in [0.25, 0.3) is 0 Å². The topological polar surface area (TPSA) is 21.3 Å². The SMILES string of the molecule is COc1ccc(Br)c(CC(CNC(C)(C)C)C(C)(C)C)c1. The highest BCUT2D eigenvalue weighted by Gasteiger charge is 2.26. The third kappa shape index (κ3) is 6.39. The van der Waals surface area contributed by atoms with E-state index in [-0.39, 0.29) is 11.0 Å². The summed E-state index contributed by atoms with van der Waals surface area (Å²) in [6.07, 6.45) is 1.03. The Labute approximate surface area is 138 Å². The summed E-state index contributed by atoms with van der Waals surface area (Å²) in [5, 5.41) is 3.65. The first kappa shape index (κ1) is 18.5. The van der Waals surface area contributed by atoms with Gasteiger partial charge in [-0.15, -0.1) is 0 Å². The number of benzene rings is 1. The molecule has 0 heterocycles. The van der Waals surface area contributed by atoms with Crippen LogP contribution in [-0.2, 0) is 6.42 Å². The first-order chi connectivity index (χ1) is 9.53. The van der Waals surface area contributed by atoms with Crippen LogP contribution in [0.2, 0.25) is 0 Å². The van der Waals surface area contributed by atoms with Crippen LogP contribution in [0.5, 0.6) is 5.75 Å². The zero-order valence-electron chi connectivity index (χ0n) is 14.5. The first-order valence-corrected chi connectivity index (χ1v) is 8.39. The molecule has 0 aliphatic rings. The second-order valence-electron chi connectivity index (χ2n) is 7.86. The zero-order chi connectivity index (χ0) is 16.3. The lowest BCUT2D eigenvalue weighted by atomic mass is 9.77. The molecule has 0 aliphatic heterocycles. The molecule has 1 aromatic carbocycles. The molecule has 0 aliphatic carbocycles. The van der Waals surface area contributed by atoms with Gasteiger partial charge >= 0.3 is 0 Å². The smallest absolute Gasteiger partial charge is 0.119 e. The van der Waals surface area contributed by atoms with E-state index < -0.39 is 0 Å². The summed E-state index contributed by atoms with van der Waals surface area (Å²) in [5.41, 5.74) is 1.71. The van der Waals surface area contributed by atoms with E-state index >= 15 is 0 Å². The van der Waals surface area contributed by atoms with Crippen LogP contribution in [-0.4, -0.2) is 19.2 Å². The van der Waals surface area contributed by atoms with Gasteiger partial charge < -0.3 is 10.1 Å². The molecule has 1 unspecified atom stereocenters. The quantitative estimate of drug-likeness (QED) is 0.797. The average molecular weight is 356 g/mol. The maximum Gasteiger partial charge on any atom is 0.119 e. The Morgan fingerprint density at radius 3 is 2.24 bits per heavy atom. The standard InChI is InChI=1S/C18H30BrNO/c1-17(2,3)14(12-20-18(4,5)6)10-13-11-15(21-7)8-9-16(13)19/h8-9,11,14,20H,10,12H2,1-7H3. The Hall–Kier alpha value is -0.540. The molecule has 120 valence electrons. The van der Waals surface area contributed by atoms with Crippen molar-refractivity contribution in [2.24, 2.45) is 11.3 Å².